The van der Waals surface area contributed by atoms with Crippen LogP contribution in [0, 0.1) is 6.92 Å². The molecule has 0 fully saturated rings. The van der Waals surface area contributed by atoms with E-state index in [1.807, 2.05) is 13.0 Å². The highest BCUT2D eigenvalue weighted by atomic mass is 35.5. The average molecular weight is 361 g/mol. The number of hydrogen-bond donors (Lipinski definition) is 3. The lowest BCUT2D eigenvalue weighted by molar-refractivity contribution is -0.115. The highest BCUT2D eigenvalue weighted by molar-refractivity contribution is 6.31. The van der Waals surface area contributed by atoms with Gasteiger partial charge in [-0.15, -0.1) is 0 Å². The summed E-state index contributed by atoms with van der Waals surface area (Å²) in [7, 11) is 0. The van der Waals surface area contributed by atoms with Gasteiger partial charge in [-0.1, -0.05) is 18.5 Å². The second kappa shape index (κ2) is 9.03. The van der Waals surface area contributed by atoms with Crippen molar-refractivity contribution in [2.45, 2.75) is 20.3 Å². The number of hydrogen-bond acceptors (Lipinski definition) is 4. The van der Waals surface area contributed by atoms with Gasteiger partial charge in [-0.3, -0.25) is 14.6 Å². The molecular formula is C18H21ClN4O2. The first-order valence-corrected chi connectivity index (χ1v) is 8.41. The smallest absolute Gasteiger partial charge is 0.253 e. The Kier molecular flexibility index (Phi) is 6.77. The van der Waals surface area contributed by atoms with Crippen molar-refractivity contribution in [1.29, 1.82) is 0 Å². The van der Waals surface area contributed by atoms with Crippen molar-refractivity contribution in [2.75, 3.05) is 23.7 Å². The minimum Gasteiger partial charge on any atom is -0.383 e. The highest BCUT2D eigenvalue weighted by Crippen LogP contribution is 2.21. The first-order chi connectivity index (χ1) is 12.0. The number of carbonyl (C=O) groups is 2. The lowest BCUT2D eigenvalue weighted by Crippen LogP contribution is -2.29. The Labute approximate surface area is 152 Å². The van der Waals surface area contributed by atoms with Crippen LogP contribution in [0.4, 0.5) is 11.4 Å². The van der Waals surface area contributed by atoms with Gasteiger partial charge in [0.1, 0.15) is 0 Å². The molecule has 132 valence electrons. The molecule has 1 aromatic carbocycles. The molecule has 0 spiro atoms. The fourth-order valence-electron chi connectivity index (χ4n) is 2.20. The van der Waals surface area contributed by atoms with Crippen LogP contribution in [0.2, 0.25) is 5.02 Å². The predicted molar refractivity (Wildman–Crippen MR) is 100 cm³/mol. The van der Waals surface area contributed by atoms with Gasteiger partial charge in [-0.05, 0) is 36.8 Å². The summed E-state index contributed by atoms with van der Waals surface area (Å²) in [6.07, 6.45) is 3.81. The first-order valence-electron chi connectivity index (χ1n) is 8.03. The van der Waals surface area contributed by atoms with Gasteiger partial charge < -0.3 is 16.0 Å². The van der Waals surface area contributed by atoms with Crippen LogP contribution in [0.3, 0.4) is 0 Å². The second-order valence-electron chi connectivity index (χ2n) is 5.46. The van der Waals surface area contributed by atoms with Gasteiger partial charge in [0.05, 0.1) is 11.3 Å². The van der Waals surface area contributed by atoms with Crippen molar-refractivity contribution >= 4 is 34.8 Å². The molecule has 2 rings (SSSR count). The van der Waals surface area contributed by atoms with Crippen molar-refractivity contribution in [3.63, 3.8) is 0 Å². The van der Waals surface area contributed by atoms with Gasteiger partial charge in [0.2, 0.25) is 5.91 Å². The molecule has 0 aliphatic rings. The molecule has 0 saturated heterocycles. The zero-order chi connectivity index (χ0) is 18.2. The molecule has 0 radical (unpaired) electrons. The molecule has 2 amide bonds. The SMILES string of the molecule is CCC(=O)Nc1cc(Cl)ccc1C(=O)NCCNc1ccncc1C. The van der Waals surface area contributed by atoms with Crippen LogP contribution in [0.15, 0.2) is 36.7 Å². The molecule has 25 heavy (non-hydrogen) atoms. The van der Waals surface area contributed by atoms with E-state index in [0.717, 1.165) is 11.3 Å². The number of rotatable bonds is 7. The quantitative estimate of drug-likeness (QED) is 0.662. The maximum atomic E-state index is 12.4. The molecular weight excluding hydrogens is 340 g/mol. The van der Waals surface area contributed by atoms with Crippen LogP contribution >= 0.6 is 11.6 Å². The third kappa shape index (κ3) is 5.46. The predicted octanol–water partition coefficient (Wildman–Crippen LogP) is 3.23. The molecule has 0 aliphatic carbocycles. The number of pyridine rings is 1. The minimum absolute atomic E-state index is 0.175. The van der Waals surface area contributed by atoms with Gasteiger partial charge in [0.25, 0.3) is 5.91 Å². The summed E-state index contributed by atoms with van der Waals surface area (Å²) in [4.78, 5) is 28.0. The van der Waals surface area contributed by atoms with Crippen molar-refractivity contribution in [3.05, 3.63) is 52.8 Å². The van der Waals surface area contributed by atoms with E-state index in [2.05, 4.69) is 20.9 Å². The summed E-state index contributed by atoms with van der Waals surface area (Å²) in [5.41, 5.74) is 2.81. The Bertz CT molecular complexity index is 764. The number of nitrogens with one attached hydrogen (secondary N) is 3. The molecule has 0 aliphatic heterocycles. The molecule has 0 saturated carbocycles. The van der Waals surface area contributed by atoms with Crippen LogP contribution in [0.1, 0.15) is 29.3 Å². The molecule has 1 aromatic heterocycles. The molecule has 3 N–H and O–H groups in total. The van der Waals surface area contributed by atoms with E-state index in [-0.39, 0.29) is 11.8 Å². The Morgan fingerprint density at radius 1 is 1.16 bits per heavy atom. The van der Waals surface area contributed by atoms with Gasteiger partial charge in [0, 0.05) is 42.6 Å². The Morgan fingerprint density at radius 3 is 2.68 bits per heavy atom. The maximum absolute atomic E-state index is 12.4. The molecule has 6 nitrogen and oxygen atoms in total. The van der Waals surface area contributed by atoms with Gasteiger partial charge >= 0.3 is 0 Å². The van der Waals surface area contributed by atoms with E-state index in [0.29, 0.717) is 35.8 Å². The summed E-state index contributed by atoms with van der Waals surface area (Å²) in [5.74, 6) is -0.442. The summed E-state index contributed by atoms with van der Waals surface area (Å²) in [6.45, 7) is 4.71. The van der Waals surface area contributed by atoms with Gasteiger partial charge in [0.15, 0.2) is 0 Å². The maximum Gasteiger partial charge on any atom is 0.253 e. The molecule has 0 atom stereocenters. The summed E-state index contributed by atoms with van der Waals surface area (Å²) >= 11 is 5.96. The lowest BCUT2D eigenvalue weighted by atomic mass is 10.1. The number of halogens is 1. The molecule has 7 heteroatoms. The van der Waals surface area contributed by atoms with E-state index in [4.69, 9.17) is 11.6 Å². The standard InChI is InChI=1S/C18H21ClN4O2/c1-3-17(24)23-16-10-13(19)4-5-14(16)18(25)22-9-8-21-15-6-7-20-11-12(15)2/h4-7,10-11H,3,8-9H2,1-2H3,(H,20,21)(H,22,25)(H,23,24). The Hall–Kier alpha value is -2.60. The second-order valence-corrected chi connectivity index (χ2v) is 5.90. The van der Waals surface area contributed by atoms with Crippen LogP contribution in [0.5, 0.6) is 0 Å². The van der Waals surface area contributed by atoms with Crippen molar-refractivity contribution < 1.29 is 9.59 Å². The van der Waals surface area contributed by atoms with Crippen molar-refractivity contribution in [2.24, 2.45) is 0 Å². The number of nitrogens with zero attached hydrogens (tertiary/aromatic N) is 1. The van der Waals surface area contributed by atoms with Crippen LogP contribution < -0.4 is 16.0 Å². The third-order valence-electron chi connectivity index (χ3n) is 3.57. The number of amides is 2. The normalized spacial score (nSPS) is 10.2. The van der Waals surface area contributed by atoms with Crippen molar-refractivity contribution in [1.82, 2.24) is 10.3 Å². The van der Waals surface area contributed by atoms with Crippen molar-refractivity contribution in [3.8, 4) is 0 Å². The zero-order valence-electron chi connectivity index (χ0n) is 14.2. The minimum atomic E-state index is -0.267. The highest BCUT2D eigenvalue weighted by Gasteiger charge is 2.13. The molecule has 2 aromatic rings. The van der Waals surface area contributed by atoms with E-state index in [1.165, 1.54) is 0 Å². The first kappa shape index (κ1) is 18.7. The number of aromatic nitrogens is 1. The number of aryl methyl sites for hydroxylation is 1. The van der Waals surface area contributed by atoms with E-state index >= 15 is 0 Å². The lowest BCUT2D eigenvalue weighted by Gasteiger charge is -2.13. The van der Waals surface area contributed by atoms with Crippen LogP contribution in [0.25, 0.3) is 0 Å². The summed E-state index contributed by atoms with van der Waals surface area (Å²) < 4.78 is 0. The van der Waals surface area contributed by atoms with Crippen LogP contribution in [-0.4, -0.2) is 29.9 Å². The third-order valence-corrected chi connectivity index (χ3v) is 3.80. The zero-order valence-corrected chi connectivity index (χ0v) is 15.0. The van der Waals surface area contributed by atoms with Crippen LogP contribution in [-0.2, 0) is 4.79 Å². The largest absolute Gasteiger partial charge is 0.383 e. The van der Waals surface area contributed by atoms with E-state index in [9.17, 15) is 9.59 Å². The Morgan fingerprint density at radius 2 is 1.96 bits per heavy atom. The van der Waals surface area contributed by atoms with E-state index < -0.39 is 0 Å². The number of benzene rings is 1. The van der Waals surface area contributed by atoms with Gasteiger partial charge in [-0.25, -0.2) is 0 Å². The molecule has 1 heterocycles. The number of anilines is 2. The monoisotopic (exact) mass is 360 g/mol. The fourth-order valence-corrected chi connectivity index (χ4v) is 2.37. The number of carbonyl (C=O) groups excluding carboxylic acids is 2. The molecule has 0 bridgehead atoms. The summed E-state index contributed by atoms with van der Waals surface area (Å²) in [5, 5.41) is 9.22. The topological polar surface area (TPSA) is 83.1 Å². The summed E-state index contributed by atoms with van der Waals surface area (Å²) in [6, 6.07) is 6.68. The van der Waals surface area contributed by atoms with Gasteiger partial charge in [-0.2, -0.15) is 0 Å². The van der Waals surface area contributed by atoms with E-state index in [1.54, 1.807) is 37.5 Å². The Balaban J connectivity index is 1.94. The molecule has 0 unspecified atom stereocenters. The average Bonchev–Trinajstić information content (AvgIpc) is 2.60. The fraction of sp³-hybridized carbons (Fsp3) is 0.278.